The van der Waals surface area contributed by atoms with E-state index in [0.29, 0.717) is 11.6 Å². The number of methoxy groups -OCH3 is 1. The van der Waals surface area contributed by atoms with Gasteiger partial charge < -0.3 is 14.2 Å². The van der Waals surface area contributed by atoms with Crippen LogP contribution in [-0.4, -0.2) is 13.0 Å². The molecule has 154 valence electrons. The normalized spacial score (nSPS) is 11.9. The van der Waals surface area contributed by atoms with Gasteiger partial charge in [-0.25, -0.2) is 4.99 Å². The van der Waals surface area contributed by atoms with Gasteiger partial charge >= 0.3 is 0 Å². The Bertz CT molecular complexity index is 1070. The fourth-order valence-corrected chi connectivity index (χ4v) is 2.76. The Morgan fingerprint density at radius 1 is 0.800 bits per heavy atom. The third-order valence-electron chi connectivity index (χ3n) is 4.69. The van der Waals surface area contributed by atoms with Crippen molar-refractivity contribution in [2.45, 2.75) is 27.7 Å². The molecular formula is C26H27NO3. The van der Waals surface area contributed by atoms with Crippen LogP contribution in [0.1, 0.15) is 23.6 Å². The molecule has 0 aromatic heterocycles. The van der Waals surface area contributed by atoms with Gasteiger partial charge in [-0.3, -0.25) is 0 Å². The summed E-state index contributed by atoms with van der Waals surface area (Å²) in [6, 6.07) is 21.4. The maximum absolute atomic E-state index is 6.14. The zero-order valence-electron chi connectivity index (χ0n) is 18.1. The summed E-state index contributed by atoms with van der Waals surface area (Å²) in [5.74, 6) is 2.70. The first-order valence-electron chi connectivity index (χ1n) is 9.83. The lowest BCUT2D eigenvalue weighted by molar-refractivity contribution is 0.412. The second-order valence-electron chi connectivity index (χ2n) is 7.20. The van der Waals surface area contributed by atoms with Crippen LogP contribution in [0.5, 0.6) is 17.2 Å². The molecule has 4 nitrogen and oxygen atoms in total. The lowest BCUT2D eigenvalue weighted by atomic mass is 10.1. The molecule has 0 atom stereocenters. The molecule has 0 amide bonds. The molecule has 0 saturated carbocycles. The highest BCUT2D eigenvalue weighted by Gasteiger charge is 2.09. The molecule has 0 saturated heterocycles. The quantitative estimate of drug-likeness (QED) is 0.262. The average Bonchev–Trinajstić information content (AvgIpc) is 2.74. The smallest absolute Gasteiger partial charge is 0.225 e. The summed E-state index contributed by atoms with van der Waals surface area (Å²) in [6.45, 7) is 8.10. The van der Waals surface area contributed by atoms with E-state index >= 15 is 0 Å². The predicted octanol–water partition coefficient (Wildman–Crippen LogP) is 6.71. The van der Waals surface area contributed by atoms with Crippen LogP contribution in [0.2, 0.25) is 0 Å². The lowest BCUT2D eigenvalue weighted by Crippen LogP contribution is -2.11. The van der Waals surface area contributed by atoms with Gasteiger partial charge in [-0.1, -0.05) is 18.2 Å². The Morgan fingerprint density at radius 3 is 2.20 bits per heavy atom. The first-order chi connectivity index (χ1) is 14.4. The van der Waals surface area contributed by atoms with Crippen LogP contribution in [0.3, 0.4) is 0 Å². The molecule has 0 aliphatic rings. The highest BCUT2D eigenvalue weighted by molar-refractivity contribution is 5.96. The average molecular weight is 402 g/mol. The summed E-state index contributed by atoms with van der Waals surface area (Å²) in [6.07, 6.45) is 1.65. The van der Waals surface area contributed by atoms with E-state index in [1.165, 1.54) is 11.1 Å². The standard InChI is InChI=1S/C26H27NO3/c1-18-7-6-8-25(15-18)30-26(27-22-10-9-19(2)20(3)16-22)21(4)17-29-24-13-11-23(28-5)12-14-24/h6-17H,1-5H3. The van der Waals surface area contributed by atoms with Crippen molar-refractivity contribution in [1.82, 2.24) is 0 Å². The molecule has 0 radical (unpaired) electrons. The molecule has 0 aliphatic heterocycles. The summed E-state index contributed by atoms with van der Waals surface area (Å²) in [5.41, 5.74) is 5.13. The van der Waals surface area contributed by atoms with Crippen LogP contribution < -0.4 is 14.2 Å². The van der Waals surface area contributed by atoms with Crippen molar-refractivity contribution in [2.75, 3.05) is 7.11 Å². The van der Waals surface area contributed by atoms with Gasteiger partial charge in [0.2, 0.25) is 5.90 Å². The summed E-state index contributed by atoms with van der Waals surface area (Å²) >= 11 is 0. The van der Waals surface area contributed by atoms with Crippen molar-refractivity contribution in [2.24, 2.45) is 4.99 Å². The van der Waals surface area contributed by atoms with Gasteiger partial charge in [0, 0.05) is 5.57 Å². The Balaban J connectivity index is 1.90. The molecule has 0 heterocycles. The van der Waals surface area contributed by atoms with Gasteiger partial charge in [0.1, 0.15) is 17.2 Å². The molecule has 0 fully saturated rings. The number of rotatable bonds is 6. The van der Waals surface area contributed by atoms with E-state index in [2.05, 4.69) is 19.9 Å². The number of benzene rings is 3. The highest BCUT2D eigenvalue weighted by Crippen LogP contribution is 2.22. The highest BCUT2D eigenvalue weighted by atomic mass is 16.5. The monoisotopic (exact) mass is 401 g/mol. The van der Waals surface area contributed by atoms with Crippen molar-refractivity contribution < 1.29 is 14.2 Å². The van der Waals surface area contributed by atoms with E-state index < -0.39 is 0 Å². The summed E-state index contributed by atoms with van der Waals surface area (Å²) in [4.78, 5) is 4.75. The number of hydrogen-bond donors (Lipinski definition) is 0. The molecule has 3 aromatic carbocycles. The van der Waals surface area contributed by atoms with Crippen molar-refractivity contribution >= 4 is 11.6 Å². The molecular weight excluding hydrogens is 374 g/mol. The molecule has 30 heavy (non-hydrogen) atoms. The van der Waals surface area contributed by atoms with E-state index in [1.807, 2.05) is 74.5 Å². The molecule has 0 bridgehead atoms. The molecule has 0 unspecified atom stereocenters. The van der Waals surface area contributed by atoms with E-state index in [9.17, 15) is 0 Å². The summed E-state index contributed by atoms with van der Waals surface area (Å²) in [5, 5.41) is 0. The second kappa shape index (κ2) is 9.79. The number of hydrogen-bond acceptors (Lipinski definition) is 4. The number of nitrogens with zero attached hydrogens (tertiary/aromatic N) is 1. The minimum Gasteiger partial charge on any atom is -0.497 e. The molecule has 0 aliphatic carbocycles. The van der Waals surface area contributed by atoms with Crippen LogP contribution >= 0.6 is 0 Å². The van der Waals surface area contributed by atoms with Crippen molar-refractivity contribution in [3.63, 3.8) is 0 Å². The van der Waals surface area contributed by atoms with Crippen molar-refractivity contribution in [1.29, 1.82) is 0 Å². The molecule has 3 aromatic rings. The van der Waals surface area contributed by atoms with Gasteiger partial charge in [0.25, 0.3) is 0 Å². The maximum atomic E-state index is 6.14. The van der Waals surface area contributed by atoms with Gasteiger partial charge in [-0.05, 0) is 92.9 Å². The minimum atomic E-state index is 0.484. The van der Waals surface area contributed by atoms with Gasteiger partial charge in [-0.15, -0.1) is 0 Å². The molecule has 4 heteroatoms. The second-order valence-corrected chi connectivity index (χ2v) is 7.20. The topological polar surface area (TPSA) is 40.0 Å². The Kier molecular flexibility index (Phi) is 6.91. The van der Waals surface area contributed by atoms with E-state index in [4.69, 9.17) is 19.2 Å². The zero-order chi connectivity index (χ0) is 21.5. The largest absolute Gasteiger partial charge is 0.497 e. The van der Waals surface area contributed by atoms with Crippen LogP contribution in [0.25, 0.3) is 0 Å². The van der Waals surface area contributed by atoms with E-state index in [1.54, 1.807) is 13.4 Å². The van der Waals surface area contributed by atoms with E-state index in [-0.39, 0.29) is 0 Å². The Labute approximate surface area is 178 Å². The van der Waals surface area contributed by atoms with Crippen molar-refractivity contribution in [3.8, 4) is 17.2 Å². The van der Waals surface area contributed by atoms with Crippen LogP contribution in [0.4, 0.5) is 5.69 Å². The van der Waals surface area contributed by atoms with Crippen LogP contribution in [0, 0.1) is 20.8 Å². The number of aliphatic imine (C=N–C) groups is 1. The third kappa shape index (κ3) is 5.74. The van der Waals surface area contributed by atoms with Crippen LogP contribution in [0.15, 0.2) is 83.6 Å². The van der Waals surface area contributed by atoms with Gasteiger partial charge in [0.15, 0.2) is 0 Å². The van der Waals surface area contributed by atoms with E-state index in [0.717, 1.165) is 28.3 Å². The predicted molar refractivity (Wildman–Crippen MR) is 122 cm³/mol. The SMILES string of the molecule is COc1ccc(OC=C(C)C(=Nc2ccc(C)c(C)c2)Oc2cccc(C)c2)cc1. The maximum Gasteiger partial charge on any atom is 0.225 e. The Hall–Kier alpha value is -3.53. The zero-order valence-corrected chi connectivity index (χ0v) is 18.1. The summed E-state index contributed by atoms with van der Waals surface area (Å²) < 4.78 is 17.1. The van der Waals surface area contributed by atoms with Gasteiger partial charge in [-0.2, -0.15) is 0 Å². The molecule has 0 spiro atoms. The van der Waals surface area contributed by atoms with Gasteiger partial charge in [0.05, 0.1) is 19.1 Å². The van der Waals surface area contributed by atoms with Crippen LogP contribution in [-0.2, 0) is 0 Å². The fourth-order valence-electron chi connectivity index (χ4n) is 2.76. The fraction of sp³-hybridized carbons (Fsp3) is 0.192. The first-order valence-corrected chi connectivity index (χ1v) is 9.83. The molecule has 3 rings (SSSR count). The number of ether oxygens (including phenoxy) is 3. The first kappa shape index (κ1) is 21.2. The van der Waals surface area contributed by atoms with Crippen molar-refractivity contribution in [3.05, 3.63) is 95.3 Å². The minimum absolute atomic E-state index is 0.484. The lowest BCUT2D eigenvalue weighted by Gasteiger charge is -2.11. The number of aryl methyl sites for hydroxylation is 3. The molecule has 0 N–H and O–H groups in total. The third-order valence-corrected chi connectivity index (χ3v) is 4.69. The summed E-state index contributed by atoms with van der Waals surface area (Å²) in [7, 11) is 1.64. The Morgan fingerprint density at radius 2 is 1.53 bits per heavy atom.